The summed E-state index contributed by atoms with van der Waals surface area (Å²) in [4.78, 5) is 43.8. The summed E-state index contributed by atoms with van der Waals surface area (Å²) in [6, 6.07) is 17.7. The van der Waals surface area contributed by atoms with Crippen molar-refractivity contribution in [3.63, 3.8) is 0 Å². The third-order valence-electron chi connectivity index (χ3n) is 5.59. The number of anilines is 2. The number of methoxy groups -OCH3 is 2. The van der Waals surface area contributed by atoms with Crippen LogP contribution in [0, 0.1) is 0 Å². The molecule has 0 saturated heterocycles. The van der Waals surface area contributed by atoms with Crippen molar-refractivity contribution in [1.29, 1.82) is 0 Å². The van der Waals surface area contributed by atoms with Gasteiger partial charge in [0, 0.05) is 11.8 Å². The molecule has 0 saturated carbocycles. The van der Waals surface area contributed by atoms with Crippen LogP contribution in [0.1, 0.15) is 26.4 Å². The quantitative estimate of drug-likeness (QED) is 0.236. The molecule has 1 aromatic heterocycles. The highest BCUT2D eigenvalue weighted by molar-refractivity contribution is 6.12. The number of carboxylic acid groups (broad SMARTS) is 1. The molecule has 0 bridgehead atoms. The Balaban J connectivity index is 0.000000616. The molecule has 0 unspecified atom stereocenters. The summed E-state index contributed by atoms with van der Waals surface area (Å²) in [6.45, 7) is 0.544. The van der Waals surface area contributed by atoms with Crippen molar-refractivity contribution in [3.8, 4) is 11.5 Å². The van der Waals surface area contributed by atoms with E-state index in [1.54, 1.807) is 18.2 Å². The van der Waals surface area contributed by atoms with Crippen LogP contribution in [0.5, 0.6) is 11.5 Å². The van der Waals surface area contributed by atoms with Crippen molar-refractivity contribution in [2.75, 3.05) is 31.4 Å². The summed E-state index contributed by atoms with van der Waals surface area (Å²) in [5, 5.41) is 12.7. The lowest BCUT2D eigenvalue weighted by atomic mass is 10.1. The number of benzene rings is 3. The summed E-state index contributed by atoms with van der Waals surface area (Å²) < 4.78 is 42.5. The third kappa shape index (κ3) is 8.14. The van der Waals surface area contributed by atoms with Gasteiger partial charge in [-0.2, -0.15) is 13.2 Å². The number of ether oxygens (including phenoxy) is 2. The number of fused-ring (bicyclic) bond motifs is 1. The maximum absolute atomic E-state index is 13.2. The minimum absolute atomic E-state index is 0.111. The topological polar surface area (TPSA) is 166 Å². The van der Waals surface area contributed by atoms with Gasteiger partial charge in [0.1, 0.15) is 5.69 Å². The number of amides is 2. The van der Waals surface area contributed by atoms with Crippen LogP contribution < -0.4 is 25.8 Å². The van der Waals surface area contributed by atoms with E-state index in [1.165, 1.54) is 32.5 Å². The maximum atomic E-state index is 13.2. The molecule has 0 radical (unpaired) electrons. The molecule has 14 heteroatoms. The van der Waals surface area contributed by atoms with Crippen LogP contribution in [0.3, 0.4) is 0 Å². The first-order valence-electron chi connectivity index (χ1n) is 12.2. The Kier molecular flexibility index (Phi) is 10.4. The number of rotatable bonds is 8. The molecule has 3 aromatic carbocycles. The van der Waals surface area contributed by atoms with E-state index >= 15 is 0 Å². The van der Waals surface area contributed by atoms with Gasteiger partial charge in [0.05, 0.1) is 42.7 Å². The van der Waals surface area contributed by atoms with E-state index in [0.29, 0.717) is 34.8 Å². The van der Waals surface area contributed by atoms with Crippen LogP contribution >= 0.6 is 0 Å². The molecule has 11 nitrogen and oxygen atoms in total. The highest BCUT2D eigenvalue weighted by Gasteiger charge is 2.38. The monoisotopic (exact) mass is 585 g/mol. The fourth-order valence-electron chi connectivity index (χ4n) is 3.54. The Hall–Kier alpha value is -5.24. The summed E-state index contributed by atoms with van der Waals surface area (Å²) in [6.07, 6.45) is -2.95. The van der Waals surface area contributed by atoms with Gasteiger partial charge in [-0.05, 0) is 48.9 Å². The van der Waals surface area contributed by atoms with Gasteiger partial charge < -0.3 is 30.9 Å². The smallest absolute Gasteiger partial charge is 0.490 e. The molecule has 1 heterocycles. The molecule has 0 fully saturated rings. The summed E-state index contributed by atoms with van der Waals surface area (Å²) in [7, 11) is 2.94. The van der Waals surface area contributed by atoms with Gasteiger partial charge in [0.25, 0.3) is 11.8 Å². The van der Waals surface area contributed by atoms with Gasteiger partial charge in [-0.3, -0.25) is 14.6 Å². The number of nitrogens with two attached hydrogens (primary N) is 1. The van der Waals surface area contributed by atoms with Crippen molar-refractivity contribution in [2.24, 2.45) is 5.73 Å². The second-order valence-electron chi connectivity index (χ2n) is 8.44. The van der Waals surface area contributed by atoms with Crippen LogP contribution in [-0.4, -0.2) is 59.8 Å². The van der Waals surface area contributed by atoms with E-state index in [1.807, 2.05) is 30.3 Å². The number of alkyl halides is 3. The predicted octanol–water partition coefficient (Wildman–Crippen LogP) is 4.29. The number of nitrogens with zero attached hydrogens (tertiary/aromatic N) is 2. The zero-order valence-corrected chi connectivity index (χ0v) is 22.4. The molecule has 4 aromatic rings. The lowest BCUT2D eigenvalue weighted by molar-refractivity contribution is -0.192. The molecule has 220 valence electrons. The van der Waals surface area contributed by atoms with Gasteiger partial charge in [0.2, 0.25) is 0 Å². The van der Waals surface area contributed by atoms with E-state index in [2.05, 4.69) is 20.6 Å². The van der Waals surface area contributed by atoms with Crippen LogP contribution in [0.2, 0.25) is 0 Å². The van der Waals surface area contributed by atoms with E-state index in [9.17, 15) is 22.8 Å². The van der Waals surface area contributed by atoms with Gasteiger partial charge in [-0.25, -0.2) is 9.78 Å². The molecule has 4 rings (SSSR count). The first-order valence-corrected chi connectivity index (χ1v) is 12.2. The number of hydrogen-bond acceptors (Lipinski definition) is 8. The van der Waals surface area contributed by atoms with Crippen LogP contribution in [-0.2, 0) is 11.2 Å². The lowest BCUT2D eigenvalue weighted by Crippen LogP contribution is -2.21. The summed E-state index contributed by atoms with van der Waals surface area (Å²) >= 11 is 0. The SMILES string of the molecule is COc1cc(NC(=O)c2cnc3ccccc3n2)c(C(=O)Nc2ccc(CCN)cc2)cc1OC.O=C(O)C(F)(F)F. The minimum atomic E-state index is -5.08. The van der Waals surface area contributed by atoms with Crippen LogP contribution in [0.15, 0.2) is 66.9 Å². The number of aromatic nitrogens is 2. The second kappa shape index (κ2) is 13.9. The first-order chi connectivity index (χ1) is 20.0. The number of nitrogens with one attached hydrogen (secondary N) is 2. The Morgan fingerprint density at radius 3 is 2.07 bits per heavy atom. The Bertz CT molecular complexity index is 1580. The van der Waals surface area contributed by atoms with E-state index in [4.69, 9.17) is 25.1 Å². The second-order valence-corrected chi connectivity index (χ2v) is 8.44. The minimum Gasteiger partial charge on any atom is -0.493 e. The molecule has 0 aliphatic carbocycles. The van der Waals surface area contributed by atoms with Crippen molar-refractivity contribution >= 4 is 40.2 Å². The fraction of sp³-hybridized carbons (Fsp3) is 0.179. The zero-order valence-electron chi connectivity index (χ0n) is 22.4. The maximum Gasteiger partial charge on any atom is 0.490 e. The van der Waals surface area contributed by atoms with Gasteiger partial charge in [0.15, 0.2) is 11.5 Å². The van der Waals surface area contributed by atoms with Crippen LogP contribution in [0.4, 0.5) is 24.5 Å². The highest BCUT2D eigenvalue weighted by Crippen LogP contribution is 2.34. The predicted molar refractivity (Wildman–Crippen MR) is 148 cm³/mol. The lowest BCUT2D eigenvalue weighted by Gasteiger charge is -2.16. The van der Waals surface area contributed by atoms with E-state index in [0.717, 1.165) is 12.0 Å². The summed E-state index contributed by atoms with van der Waals surface area (Å²) in [5.74, 6) is -3.00. The molecular weight excluding hydrogens is 559 g/mol. The number of aliphatic carboxylic acids is 1. The normalized spacial score (nSPS) is 10.7. The average molecular weight is 586 g/mol. The number of carbonyl (C=O) groups excluding carboxylic acids is 2. The van der Waals surface area contributed by atoms with E-state index in [-0.39, 0.29) is 16.9 Å². The number of halogens is 3. The molecule has 0 aliphatic heterocycles. The van der Waals surface area contributed by atoms with E-state index < -0.39 is 24.0 Å². The standard InChI is InChI=1S/C26H25N5O4.C2HF3O2/c1-34-23-13-18(25(32)29-17-9-7-16(8-10-17)11-12-27)21(14-24(23)35-2)31-26(33)22-15-28-19-5-3-4-6-20(19)30-22;3-2(4,5)1(6)7/h3-10,13-15H,11-12,27H2,1-2H3,(H,29,32)(H,31,33);(H,6,7). The Labute approximate surface area is 237 Å². The molecule has 42 heavy (non-hydrogen) atoms. The fourth-order valence-corrected chi connectivity index (χ4v) is 3.54. The molecule has 0 aliphatic rings. The Morgan fingerprint density at radius 1 is 0.905 bits per heavy atom. The molecule has 5 N–H and O–H groups in total. The number of carbonyl (C=O) groups is 3. The van der Waals surface area contributed by atoms with Crippen LogP contribution in [0.25, 0.3) is 11.0 Å². The zero-order chi connectivity index (χ0) is 30.9. The number of hydrogen-bond donors (Lipinski definition) is 4. The molecule has 0 atom stereocenters. The molecular formula is C28H26F3N5O6. The molecule has 2 amide bonds. The third-order valence-corrected chi connectivity index (χ3v) is 5.59. The number of carboxylic acids is 1. The van der Waals surface area contributed by atoms with Crippen molar-refractivity contribution in [1.82, 2.24) is 9.97 Å². The van der Waals surface area contributed by atoms with Gasteiger partial charge in [-0.1, -0.05) is 24.3 Å². The van der Waals surface area contributed by atoms with Crippen molar-refractivity contribution < 1.29 is 42.1 Å². The van der Waals surface area contributed by atoms with Gasteiger partial charge in [-0.15, -0.1) is 0 Å². The largest absolute Gasteiger partial charge is 0.493 e. The van der Waals surface area contributed by atoms with Gasteiger partial charge >= 0.3 is 12.1 Å². The Morgan fingerprint density at radius 2 is 1.50 bits per heavy atom. The highest BCUT2D eigenvalue weighted by atomic mass is 19.4. The first kappa shape index (κ1) is 31.3. The average Bonchev–Trinajstić information content (AvgIpc) is 2.97. The molecule has 0 spiro atoms. The van der Waals surface area contributed by atoms with Crippen molar-refractivity contribution in [3.05, 3.63) is 83.7 Å². The van der Waals surface area contributed by atoms with Crippen molar-refractivity contribution in [2.45, 2.75) is 12.6 Å². The summed E-state index contributed by atoms with van der Waals surface area (Å²) in [5.41, 5.74) is 9.07. The number of para-hydroxylation sites is 2.